The standard InChI is InChI=1S/C24H24N2O5S2/c1-31-24(28)22-16-9-2-3-11-18(16)32-23(22)25-20(27)13-6-14-26-17-10-4-7-15-8-5-12-19(21(15)17)33(26,29)30/h4-5,7-8,10,12H,2-3,6,9,11,13-14H2,1H3,(H,25,27). The number of rotatable bonds is 6. The van der Waals surface area contributed by atoms with E-state index in [1.807, 2.05) is 18.2 Å². The summed E-state index contributed by atoms with van der Waals surface area (Å²) in [5, 5.41) is 5.02. The SMILES string of the molecule is COC(=O)c1c(NC(=O)CCCN2c3cccc4cccc(c34)S2(=O)=O)sc2c1CCCC2. The fraction of sp³-hybridized carbons (Fsp3) is 0.333. The first-order chi connectivity index (χ1) is 15.9. The van der Waals surface area contributed by atoms with Crippen molar-refractivity contribution in [2.75, 3.05) is 23.3 Å². The van der Waals surface area contributed by atoms with E-state index in [0.717, 1.165) is 46.9 Å². The van der Waals surface area contributed by atoms with Crippen LogP contribution in [0.5, 0.6) is 0 Å². The predicted molar refractivity (Wildman–Crippen MR) is 129 cm³/mol. The van der Waals surface area contributed by atoms with E-state index in [2.05, 4.69) is 5.32 Å². The minimum atomic E-state index is -3.64. The Kier molecular flexibility index (Phi) is 5.62. The average Bonchev–Trinajstić information content (AvgIpc) is 3.27. The smallest absolute Gasteiger partial charge is 0.341 e. The Hall–Kier alpha value is -2.91. The van der Waals surface area contributed by atoms with Crippen LogP contribution in [0.15, 0.2) is 41.3 Å². The van der Waals surface area contributed by atoms with E-state index < -0.39 is 16.0 Å². The van der Waals surface area contributed by atoms with Gasteiger partial charge in [0.05, 0.1) is 23.3 Å². The number of sulfonamides is 1. The highest BCUT2D eigenvalue weighted by Crippen LogP contribution is 2.42. The number of anilines is 2. The van der Waals surface area contributed by atoms with Crippen molar-refractivity contribution in [3.8, 4) is 0 Å². The first-order valence-electron chi connectivity index (χ1n) is 11.0. The highest BCUT2D eigenvalue weighted by atomic mass is 32.2. The van der Waals surface area contributed by atoms with Gasteiger partial charge in [0.1, 0.15) is 5.00 Å². The van der Waals surface area contributed by atoms with Gasteiger partial charge >= 0.3 is 5.97 Å². The van der Waals surface area contributed by atoms with Gasteiger partial charge in [-0.1, -0.05) is 24.3 Å². The summed E-state index contributed by atoms with van der Waals surface area (Å²) in [6.45, 7) is 0.203. The molecule has 2 aromatic carbocycles. The number of esters is 1. The summed E-state index contributed by atoms with van der Waals surface area (Å²) in [5.41, 5.74) is 2.11. The molecule has 0 radical (unpaired) electrons. The molecule has 0 saturated heterocycles. The number of fused-ring (bicyclic) bond motifs is 1. The Balaban J connectivity index is 1.29. The zero-order chi connectivity index (χ0) is 23.2. The first-order valence-corrected chi connectivity index (χ1v) is 13.2. The summed E-state index contributed by atoms with van der Waals surface area (Å²) >= 11 is 1.44. The van der Waals surface area contributed by atoms with Crippen LogP contribution in [0.4, 0.5) is 10.7 Å². The Bertz CT molecular complexity index is 1370. The summed E-state index contributed by atoms with van der Waals surface area (Å²) in [4.78, 5) is 26.5. The second-order valence-electron chi connectivity index (χ2n) is 8.27. The molecule has 1 aromatic heterocycles. The topological polar surface area (TPSA) is 92.8 Å². The van der Waals surface area contributed by atoms with Gasteiger partial charge in [0, 0.05) is 23.2 Å². The third-order valence-electron chi connectivity index (χ3n) is 6.26. The number of nitrogens with zero attached hydrogens (tertiary/aromatic N) is 1. The van der Waals surface area contributed by atoms with Crippen molar-refractivity contribution in [3.05, 3.63) is 52.4 Å². The molecule has 5 rings (SSSR count). The Morgan fingerprint density at radius 2 is 1.88 bits per heavy atom. The lowest BCUT2D eigenvalue weighted by Crippen LogP contribution is -2.29. The number of carbonyl (C=O) groups is 2. The van der Waals surface area contributed by atoms with Crippen LogP contribution in [0.25, 0.3) is 10.8 Å². The second kappa shape index (κ2) is 8.46. The number of benzene rings is 2. The molecule has 1 aliphatic carbocycles. The Morgan fingerprint density at radius 1 is 1.12 bits per heavy atom. The van der Waals surface area contributed by atoms with Crippen LogP contribution >= 0.6 is 11.3 Å². The molecule has 0 fully saturated rings. The molecule has 0 spiro atoms. The van der Waals surface area contributed by atoms with Crippen molar-refractivity contribution in [1.82, 2.24) is 0 Å². The van der Waals surface area contributed by atoms with E-state index in [4.69, 9.17) is 4.74 Å². The van der Waals surface area contributed by atoms with Crippen LogP contribution in [0.2, 0.25) is 0 Å². The molecule has 1 aliphatic heterocycles. The van der Waals surface area contributed by atoms with Gasteiger partial charge in [0.25, 0.3) is 10.0 Å². The number of nitrogens with one attached hydrogen (secondary N) is 1. The molecule has 3 aromatic rings. The third kappa shape index (κ3) is 3.69. The lowest BCUT2D eigenvalue weighted by Gasteiger charge is -2.18. The van der Waals surface area contributed by atoms with Crippen molar-refractivity contribution in [2.24, 2.45) is 0 Å². The molecule has 2 heterocycles. The fourth-order valence-corrected chi connectivity index (χ4v) is 7.79. The lowest BCUT2D eigenvalue weighted by molar-refractivity contribution is -0.116. The average molecular weight is 485 g/mol. The fourth-order valence-electron chi connectivity index (χ4n) is 4.74. The zero-order valence-electron chi connectivity index (χ0n) is 18.2. The van der Waals surface area contributed by atoms with E-state index in [1.165, 1.54) is 22.8 Å². The van der Waals surface area contributed by atoms with E-state index in [1.54, 1.807) is 18.2 Å². The monoisotopic (exact) mass is 484 g/mol. The third-order valence-corrected chi connectivity index (χ3v) is 9.32. The van der Waals surface area contributed by atoms with Crippen LogP contribution in [0.3, 0.4) is 0 Å². The molecule has 7 nitrogen and oxygen atoms in total. The molecule has 0 saturated carbocycles. The maximum atomic E-state index is 13.1. The van der Waals surface area contributed by atoms with E-state index in [-0.39, 0.29) is 18.9 Å². The second-order valence-corrected chi connectivity index (χ2v) is 11.2. The van der Waals surface area contributed by atoms with Gasteiger partial charge in [0.15, 0.2) is 0 Å². The number of thiophene rings is 1. The van der Waals surface area contributed by atoms with Crippen LogP contribution in [-0.2, 0) is 32.4 Å². The van der Waals surface area contributed by atoms with Gasteiger partial charge in [-0.3, -0.25) is 9.10 Å². The zero-order valence-corrected chi connectivity index (χ0v) is 19.9. The maximum Gasteiger partial charge on any atom is 0.341 e. The summed E-state index contributed by atoms with van der Waals surface area (Å²) < 4.78 is 32.5. The molecule has 0 atom stereocenters. The molecule has 172 valence electrons. The van der Waals surface area contributed by atoms with E-state index >= 15 is 0 Å². The number of aryl methyl sites for hydroxylation is 1. The highest BCUT2D eigenvalue weighted by Gasteiger charge is 2.35. The van der Waals surface area contributed by atoms with Gasteiger partial charge in [-0.05, 0) is 55.2 Å². The van der Waals surface area contributed by atoms with Crippen LogP contribution in [-0.4, -0.2) is 33.9 Å². The molecule has 0 unspecified atom stereocenters. The molecular weight excluding hydrogens is 460 g/mol. The van der Waals surface area contributed by atoms with Gasteiger partial charge in [-0.15, -0.1) is 11.3 Å². The normalized spacial score (nSPS) is 16.0. The molecule has 0 bridgehead atoms. The number of carbonyl (C=O) groups excluding carboxylic acids is 2. The Labute approximate surface area is 196 Å². The van der Waals surface area contributed by atoms with Crippen molar-refractivity contribution in [3.63, 3.8) is 0 Å². The van der Waals surface area contributed by atoms with Crippen molar-refractivity contribution >= 4 is 54.7 Å². The van der Waals surface area contributed by atoms with Crippen molar-refractivity contribution in [1.29, 1.82) is 0 Å². The summed E-state index contributed by atoms with van der Waals surface area (Å²) in [5.74, 6) is -0.676. The van der Waals surface area contributed by atoms with Gasteiger partial charge in [0.2, 0.25) is 5.91 Å². The number of hydrogen-bond acceptors (Lipinski definition) is 6. The molecular formula is C24H24N2O5S2. The summed E-state index contributed by atoms with van der Waals surface area (Å²) in [6.07, 6.45) is 4.29. The van der Waals surface area contributed by atoms with Crippen LogP contribution in [0.1, 0.15) is 46.5 Å². The number of hydrogen-bond donors (Lipinski definition) is 1. The quantitative estimate of drug-likeness (QED) is 0.520. The van der Waals surface area contributed by atoms with Crippen LogP contribution in [0, 0.1) is 0 Å². The van der Waals surface area contributed by atoms with Gasteiger partial charge in [-0.25, -0.2) is 13.2 Å². The molecule has 2 aliphatic rings. The van der Waals surface area contributed by atoms with Crippen molar-refractivity contribution < 1.29 is 22.7 Å². The molecule has 1 N–H and O–H groups in total. The van der Waals surface area contributed by atoms with E-state index in [9.17, 15) is 18.0 Å². The minimum Gasteiger partial charge on any atom is -0.465 e. The maximum absolute atomic E-state index is 13.1. The molecule has 1 amide bonds. The minimum absolute atomic E-state index is 0.140. The highest BCUT2D eigenvalue weighted by molar-refractivity contribution is 7.93. The number of methoxy groups -OCH3 is 1. The largest absolute Gasteiger partial charge is 0.465 e. The molecule has 33 heavy (non-hydrogen) atoms. The van der Waals surface area contributed by atoms with Crippen molar-refractivity contribution in [2.45, 2.75) is 43.4 Å². The summed E-state index contributed by atoms with van der Waals surface area (Å²) in [7, 11) is -2.29. The van der Waals surface area contributed by atoms with Crippen LogP contribution < -0.4 is 9.62 Å². The Morgan fingerprint density at radius 3 is 2.67 bits per heavy atom. The summed E-state index contributed by atoms with van der Waals surface area (Å²) in [6, 6.07) is 10.8. The molecule has 9 heteroatoms. The van der Waals surface area contributed by atoms with Gasteiger partial charge in [-0.2, -0.15) is 0 Å². The lowest BCUT2D eigenvalue weighted by atomic mass is 9.95. The van der Waals surface area contributed by atoms with Gasteiger partial charge < -0.3 is 10.1 Å². The predicted octanol–water partition coefficient (Wildman–Crippen LogP) is 4.49. The number of amides is 1. The van der Waals surface area contributed by atoms with E-state index in [0.29, 0.717) is 27.6 Å². The number of ether oxygens (including phenoxy) is 1. The first kappa shape index (κ1) is 21.9.